The van der Waals surface area contributed by atoms with E-state index in [1.54, 1.807) is 17.5 Å². The molecule has 0 saturated heterocycles. The number of nitrogens with one attached hydrogen (secondary N) is 2. The van der Waals surface area contributed by atoms with Crippen molar-refractivity contribution in [1.29, 1.82) is 5.26 Å². The zero-order valence-electron chi connectivity index (χ0n) is 13.9. The fraction of sp³-hybridized carbons (Fsp3) is 0.471. The molecule has 7 heteroatoms. The predicted molar refractivity (Wildman–Crippen MR) is 94.1 cm³/mol. The minimum atomic E-state index is -0.120. The van der Waals surface area contributed by atoms with Crippen molar-refractivity contribution in [2.45, 2.75) is 45.2 Å². The van der Waals surface area contributed by atoms with Gasteiger partial charge in [0.05, 0.1) is 18.2 Å². The average Bonchev–Trinajstić information content (AvgIpc) is 3.28. The maximum atomic E-state index is 12.2. The van der Waals surface area contributed by atoms with Crippen LogP contribution in [0.2, 0.25) is 0 Å². The molecule has 0 bridgehead atoms. The second kappa shape index (κ2) is 7.16. The first-order chi connectivity index (χ1) is 11.6. The molecule has 2 aromatic rings. The van der Waals surface area contributed by atoms with Gasteiger partial charge in [-0.2, -0.15) is 10.4 Å². The van der Waals surface area contributed by atoms with Crippen LogP contribution in [0.5, 0.6) is 0 Å². The molecule has 1 aliphatic carbocycles. The van der Waals surface area contributed by atoms with Gasteiger partial charge in [-0.3, -0.25) is 9.48 Å². The van der Waals surface area contributed by atoms with Gasteiger partial charge in [0.15, 0.2) is 0 Å². The Morgan fingerprint density at radius 1 is 1.50 bits per heavy atom. The summed E-state index contributed by atoms with van der Waals surface area (Å²) >= 11 is 1.54. The van der Waals surface area contributed by atoms with Crippen molar-refractivity contribution in [3.63, 3.8) is 0 Å². The van der Waals surface area contributed by atoms with Gasteiger partial charge >= 0.3 is 0 Å². The van der Waals surface area contributed by atoms with Crippen LogP contribution >= 0.6 is 11.3 Å². The number of thiophene rings is 1. The molecule has 0 spiro atoms. The van der Waals surface area contributed by atoms with Crippen molar-refractivity contribution in [2.24, 2.45) is 0 Å². The van der Waals surface area contributed by atoms with Crippen LogP contribution in [0, 0.1) is 11.3 Å². The smallest absolute Gasteiger partial charge is 0.238 e. The van der Waals surface area contributed by atoms with E-state index >= 15 is 0 Å². The van der Waals surface area contributed by atoms with Crippen molar-refractivity contribution in [2.75, 3.05) is 11.9 Å². The zero-order valence-corrected chi connectivity index (χ0v) is 14.7. The van der Waals surface area contributed by atoms with Crippen molar-refractivity contribution in [3.05, 3.63) is 34.5 Å². The van der Waals surface area contributed by atoms with Crippen molar-refractivity contribution < 1.29 is 4.79 Å². The molecule has 126 valence electrons. The number of nitriles is 1. The molecule has 0 aliphatic heterocycles. The summed E-state index contributed by atoms with van der Waals surface area (Å²) in [5, 5.41) is 20.4. The largest absolute Gasteiger partial charge is 0.315 e. The fourth-order valence-electron chi connectivity index (χ4n) is 2.96. The number of fused-ring (bicyclic) bond motifs is 1. The zero-order chi connectivity index (χ0) is 17.1. The standard InChI is InChI=1S/C17H21N5OS/c1-11(12(2)22-8-4-7-20-22)19-10-16(23)21-17-14(9-18)13-5-3-6-15(13)24-17/h4,7-8,11-12,19H,3,5-6,10H2,1-2H3,(H,21,23)/t11-,12+/m0/s1. The van der Waals surface area contributed by atoms with Crippen LogP contribution < -0.4 is 10.6 Å². The van der Waals surface area contributed by atoms with E-state index in [4.69, 9.17) is 0 Å². The molecule has 0 unspecified atom stereocenters. The summed E-state index contributed by atoms with van der Waals surface area (Å²) in [6, 6.07) is 4.37. The van der Waals surface area contributed by atoms with Gasteiger partial charge in [-0.05, 0) is 44.7 Å². The van der Waals surface area contributed by atoms with E-state index in [0.717, 1.165) is 24.8 Å². The van der Waals surface area contributed by atoms with Crippen LogP contribution in [0.4, 0.5) is 5.00 Å². The van der Waals surface area contributed by atoms with Crippen LogP contribution in [0.3, 0.4) is 0 Å². The van der Waals surface area contributed by atoms with Gasteiger partial charge in [0, 0.05) is 23.3 Å². The lowest BCUT2D eigenvalue weighted by molar-refractivity contribution is -0.115. The third kappa shape index (κ3) is 3.35. The van der Waals surface area contributed by atoms with Gasteiger partial charge in [-0.1, -0.05) is 0 Å². The van der Waals surface area contributed by atoms with Gasteiger partial charge < -0.3 is 10.6 Å². The SMILES string of the molecule is C[C@H](NCC(=O)Nc1sc2c(c1C#N)CCC2)[C@@H](C)n1cccn1. The van der Waals surface area contributed by atoms with Crippen LogP contribution in [0.15, 0.2) is 18.5 Å². The molecule has 2 heterocycles. The number of amides is 1. The highest BCUT2D eigenvalue weighted by atomic mass is 32.1. The number of nitrogens with zero attached hydrogens (tertiary/aromatic N) is 3. The molecule has 2 aromatic heterocycles. The summed E-state index contributed by atoms with van der Waals surface area (Å²) in [6.45, 7) is 4.29. The summed E-state index contributed by atoms with van der Waals surface area (Å²) in [4.78, 5) is 13.5. The van der Waals surface area contributed by atoms with E-state index in [9.17, 15) is 10.1 Å². The van der Waals surface area contributed by atoms with Gasteiger partial charge in [-0.15, -0.1) is 11.3 Å². The van der Waals surface area contributed by atoms with Crippen molar-refractivity contribution in [1.82, 2.24) is 15.1 Å². The molecule has 6 nitrogen and oxygen atoms in total. The second-order valence-electron chi connectivity index (χ2n) is 6.12. The number of hydrogen-bond donors (Lipinski definition) is 2. The number of rotatable bonds is 6. The Bertz CT molecular complexity index is 759. The Hall–Kier alpha value is -2.17. The first kappa shape index (κ1) is 16.7. The minimum Gasteiger partial charge on any atom is -0.315 e. The number of anilines is 1. The van der Waals surface area contributed by atoms with E-state index in [0.29, 0.717) is 10.6 Å². The van der Waals surface area contributed by atoms with Gasteiger partial charge in [0.2, 0.25) is 5.91 Å². The Morgan fingerprint density at radius 3 is 3.04 bits per heavy atom. The maximum absolute atomic E-state index is 12.2. The van der Waals surface area contributed by atoms with E-state index in [1.165, 1.54) is 4.88 Å². The molecule has 3 rings (SSSR count). The molecule has 1 aliphatic rings. The molecule has 0 saturated carbocycles. The molecule has 0 fully saturated rings. The highest BCUT2D eigenvalue weighted by Crippen LogP contribution is 2.38. The summed E-state index contributed by atoms with van der Waals surface area (Å²) in [5.41, 5.74) is 1.78. The van der Waals surface area contributed by atoms with Crippen LogP contribution in [0.25, 0.3) is 0 Å². The first-order valence-electron chi connectivity index (χ1n) is 8.17. The van der Waals surface area contributed by atoms with Crippen LogP contribution in [0.1, 0.15) is 42.3 Å². The highest BCUT2D eigenvalue weighted by molar-refractivity contribution is 7.16. The molecule has 2 atom stereocenters. The third-order valence-corrected chi connectivity index (χ3v) is 5.74. The summed E-state index contributed by atoms with van der Waals surface area (Å²) in [5.74, 6) is -0.120. The molecule has 0 radical (unpaired) electrons. The van der Waals surface area contributed by atoms with E-state index in [-0.39, 0.29) is 24.5 Å². The fourth-order valence-corrected chi connectivity index (χ4v) is 4.21. The quantitative estimate of drug-likeness (QED) is 0.844. The van der Waals surface area contributed by atoms with Gasteiger partial charge in [0.25, 0.3) is 0 Å². The normalized spacial score (nSPS) is 15.5. The molecule has 1 amide bonds. The van der Waals surface area contributed by atoms with Crippen LogP contribution in [-0.2, 0) is 17.6 Å². The molecule has 24 heavy (non-hydrogen) atoms. The topological polar surface area (TPSA) is 82.7 Å². The predicted octanol–water partition coefficient (Wildman–Crippen LogP) is 2.48. The Morgan fingerprint density at radius 2 is 2.33 bits per heavy atom. The maximum Gasteiger partial charge on any atom is 0.238 e. The highest BCUT2D eigenvalue weighted by Gasteiger charge is 2.23. The lowest BCUT2D eigenvalue weighted by atomic mass is 10.1. The lowest BCUT2D eigenvalue weighted by Crippen LogP contribution is -2.39. The minimum absolute atomic E-state index is 0.0967. The number of aromatic nitrogens is 2. The summed E-state index contributed by atoms with van der Waals surface area (Å²) in [6.07, 6.45) is 6.72. The van der Waals surface area contributed by atoms with Crippen LogP contribution in [-0.4, -0.2) is 28.3 Å². The van der Waals surface area contributed by atoms with Gasteiger partial charge in [0.1, 0.15) is 11.1 Å². The first-order valence-corrected chi connectivity index (χ1v) is 8.98. The summed E-state index contributed by atoms with van der Waals surface area (Å²) < 4.78 is 1.87. The molecular formula is C17H21N5OS. The molecule has 2 N–H and O–H groups in total. The molecule has 0 aromatic carbocycles. The Kier molecular flexibility index (Phi) is 4.97. The Balaban J connectivity index is 1.56. The van der Waals surface area contributed by atoms with Crippen molar-refractivity contribution >= 4 is 22.2 Å². The van der Waals surface area contributed by atoms with Crippen molar-refractivity contribution in [3.8, 4) is 6.07 Å². The number of hydrogen-bond acceptors (Lipinski definition) is 5. The van der Waals surface area contributed by atoms with E-state index in [1.807, 2.05) is 23.9 Å². The molecular weight excluding hydrogens is 322 g/mol. The Labute approximate surface area is 145 Å². The number of aryl methyl sites for hydroxylation is 1. The second-order valence-corrected chi connectivity index (χ2v) is 7.22. The monoisotopic (exact) mass is 343 g/mol. The third-order valence-electron chi connectivity index (χ3n) is 4.54. The van der Waals surface area contributed by atoms with E-state index < -0.39 is 0 Å². The average molecular weight is 343 g/mol. The van der Waals surface area contributed by atoms with Gasteiger partial charge in [-0.25, -0.2) is 0 Å². The number of carbonyl (C=O) groups excluding carboxylic acids is 1. The van der Waals surface area contributed by atoms with E-state index in [2.05, 4.69) is 28.7 Å². The lowest BCUT2D eigenvalue weighted by Gasteiger charge is -2.21. The summed E-state index contributed by atoms with van der Waals surface area (Å²) in [7, 11) is 0. The number of carbonyl (C=O) groups is 1.